The standard InChI is InChI=1S/C11H21N3O/c1-8(2)14-10(6-5-9(3)12)11(15-4)7-13-14/h7-9H,5-6,12H2,1-4H3. The average molecular weight is 211 g/mol. The van der Waals surface area contributed by atoms with E-state index in [9.17, 15) is 0 Å². The number of hydrogen-bond donors (Lipinski definition) is 1. The van der Waals surface area contributed by atoms with Gasteiger partial charge in [-0.15, -0.1) is 0 Å². The highest BCUT2D eigenvalue weighted by atomic mass is 16.5. The van der Waals surface area contributed by atoms with Crippen molar-refractivity contribution in [2.24, 2.45) is 5.73 Å². The largest absolute Gasteiger partial charge is 0.493 e. The lowest BCUT2D eigenvalue weighted by Gasteiger charge is -2.13. The number of nitrogens with two attached hydrogens (primary N) is 1. The zero-order chi connectivity index (χ0) is 11.4. The highest BCUT2D eigenvalue weighted by molar-refractivity contribution is 5.25. The van der Waals surface area contributed by atoms with Gasteiger partial charge in [0.2, 0.25) is 0 Å². The number of aromatic nitrogens is 2. The van der Waals surface area contributed by atoms with Crippen molar-refractivity contribution in [3.05, 3.63) is 11.9 Å². The zero-order valence-electron chi connectivity index (χ0n) is 10.0. The molecular formula is C11H21N3O. The van der Waals surface area contributed by atoms with Crippen LogP contribution in [0.3, 0.4) is 0 Å². The molecular weight excluding hydrogens is 190 g/mol. The van der Waals surface area contributed by atoms with E-state index >= 15 is 0 Å². The summed E-state index contributed by atoms with van der Waals surface area (Å²) in [4.78, 5) is 0. The Bertz CT molecular complexity index is 305. The summed E-state index contributed by atoms with van der Waals surface area (Å²) in [6.07, 6.45) is 3.64. The monoisotopic (exact) mass is 211 g/mol. The number of nitrogens with zero attached hydrogens (tertiary/aromatic N) is 2. The number of ether oxygens (including phenoxy) is 1. The second-order valence-electron chi connectivity index (χ2n) is 4.21. The molecule has 4 heteroatoms. The smallest absolute Gasteiger partial charge is 0.159 e. The van der Waals surface area contributed by atoms with Crippen LogP contribution >= 0.6 is 0 Å². The van der Waals surface area contributed by atoms with E-state index in [-0.39, 0.29) is 6.04 Å². The lowest BCUT2D eigenvalue weighted by atomic mass is 10.1. The first kappa shape index (κ1) is 12.0. The lowest BCUT2D eigenvalue weighted by molar-refractivity contribution is 0.402. The lowest BCUT2D eigenvalue weighted by Crippen LogP contribution is -2.17. The maximum atomic E-state index is 5.76. The second kappa shape index (κ2) is 5.16. The van der Waals surface area contributed by atoms with Gasteiger partial charge in [-0.25, -0.2) is 0 Å². The molecule has 0 aliphatic carbocycles. The Labute approximate surface area is 91.4 Å². The van der Waals surface area contributed by atoms with Gasteiger partial charge in [-0.3, -0.25) is 4.68 Å². The Morgan fingerprint density at radius 2 is 2.13 bits per heavy atom. The summed E-state index contributed by atoms with van der Waals surface area (Å²) in [5, 5.41) is 4.32. The number of methoxy groups -OCH3 is 1. The van der Waals surface area contributed by atoms with Gasteiger partial charge in [0.15, 0.2) is 5.75 Å². The third-order valence-electron chi connectivity index (χ3n) is 2.41. The van der Waals surface area contributed by atoms with Gasteiger partial charge in [-0.05, 0) is 33.6 Å². The molecule has 0 aliphatic rings. The van der Waals surface area contributed by atoms with Crippen molar-refractivity contribution in [2.45, 2.75) is 45.7 Å². The molecule has 1 unspecified atom stereocenters. The Morgan fingerprint density at radius 1 is 1.47 bits per heavy atom. The summed E-state index contributed by atoms with van der Waals surface area (Å²) in [5.41, 5.74) is 6.90. The summed E-state index contributed by atoms with van der Waals surface area (Å²) < 4.78 is 7.29. The molecule has 0 bridgehead atoms. The quantitative estimate of drug-likeness (QED) is 0.807. The minimum atomic E-state index is 0.213. The van der Waals surface area contributed by atoms with E-state index in [0.717, 1.165) is 24.3 Å². The van der Waals surface area contributed by atoms with Crippen molar-refractivity contribution < 1.29 is 4.74 Å². The van der Waals surface area contributed by atoms with Crippen LogP contribution in [-0.2, 0) is 6.42 Å². The maximum Gasteiger partial charge on any atom is 0.159 e. The molecule has 1 heterocycles. The molecule has 2 N–H and O–H groups in total. The maximum absolute atomic E-state index is 5.76. The van der Waals surface area contributed by atoms with Crippen LogP contribution in [0, 0.1) is 0 Å². The van der Waals surface area contributed by atoms with Gasteiger partial charge < -0.3 is 10.5 Å². The highest BCUT2D eigenvalue weighted by Gasteiger charge is 2.13. The fourth-order valence-electron chi connectivity index (χ4n) is 1.59. The summed E-state index contributed by atoms with van der Waals surface area (Å²) in [5.74, 6) is 0.865. The van der Waals surface area contributed by atoms with Crippen LogP contribution in [0.2, 0.25) is 0 Å². The van der Waals surface area contributed by atoms with Crippen LogP contribution < -0.4 is 10.5 Å². The Hall–Kier alpha value is -1.03. The first-order chi connectivity index (χ1) is 7.06. The van der Waals surface area contributed by atoms with E-state index in [1.54, 1.807) is 13.3 Å². The van der Waals surface area contributed by atoms with Gasteiger partial charge in [0.1, 0.15) is 0 Å². The van der Waals surface area contributed by atoms with Crippen LogP contribution in [0.4, 0.5) is 0 Å². The highest BCUT2D eigenvalue weighted by Crippen LogP contribution is 2.22. The van der Waals surface area contributed by atoms with Gasteiger partial charge in [-0.2, -0.15) is 5.10 Å². The van der Waals surface area contributed by atoms with Crippen LogP contribution in [0.5, 0.6) is 5.75 Å². The number of hydrogen-bond acceptors (Lipinski definition) is 3. The molecule has 1 aromatic rings. The molecule has 0 aliphatic heterocycles. The molecule has 1 atom stereocenters. The molecule has 0 amide bonds. The molecule has 0 saturated carbocycles. The average Bonchev–Trinajstić information content (AvgIpc) is 2.57. The molecule has 0 aromatic carbocycles. The van der Waals surface area contributed by atoms with E-state index < -0.39 is 0 Å². The summed E-state index contributed by atoms with van der Waals surface area (Å²) in [6, 6.07) is 0.571. The SMILES string of the molecule is COc1cnn(C(C)C)c1CCC(C)N. The summed E-state index contributed by atoms with van der Waals surface area (Å²) >= 11 is 0. The number of rotatable bonds is 5. The first-order valence-electron chi connectivity index (χ1n) is 5.42. The normalized spacial score (nSPS) is 13.2. The first-order valence-corrected chi connectivity index (χ1v) is 5.42. The van der Waals surface area contributed by atoms with E-state index in [2.05, 4.69) is 18.9 Å². The van der Waals surface area contributed by atoms with E-state index in [4.69, 9.17) is 10.5 Å². The van der Waals surface area contributed by atoms with Gasteiger partial charge in [0.05, 0.1) is 19.0 Å². The Morgan fingerprint density at radius 3 is 2.60 bits per heavy atom. The molecule has 15 heavy (non-hydrogen) atoms. The summed E-state index contributed by atoms with van der Waals surface area (Å²) in [7, 11) is 1.68. The Balaban J connectivity index is 2.85. The van der Waals surface area contributed by atoms with Crippen LogP contribution in [0.25, 0.3) is 0 Å². The third-order valence-corrected chi connectivity index (χ3v) is 2.41. The molecule has 4 nitrogen and oxygen atoms in total. The van der Waals surface area contributed by atoms with Crippen molar-refractivity contribution >= 4 is 0 Å². The van der Waals surface area contributed by atoms with Crippen molar-refractivity contribution in [1.82, 2.24) is 9.78 Å². The third kappa shape index (κ3) is 2.96. The molecule has 1 aromatic heterocycles. The van der Waals surface area contributed by atoms with Gasteiger partial charge >= 0.3 is 0 Å². The molecule has 0 fully saturated rings. The van der Waals surface area contributed by atoms with Crippen LogP contribution in [0.1, 0.15) is 38.9 Å². The van der Waals surface area contributed by atoms with Crippen molar-refractivity contribution in [1.29, 1.82) is 0 Å². The molecule has 1 rings (SSSR count). The fraction of sp³-hybridized carbons (Fsp3) is 0.727. The van der Waals surface area contributed by atoms with Gasteiger partial charge in [-0.1, -0.05) is 0 Å². The second-order valence-corrected chi connectivity index (χ2v) is 4.21. The Kier molecular flexibility index (Phi) is 4.15. The van der Waals surface area contributed by atoms with Crippen molar-refractivity contribution in [3.63, 3.8) is 0 Å². The van der Waals surface area contributed by atoms with Crippen molar-refractivity contribution in [2.75, 3.05) is 7.11 Å². The minimum Gasteiger partial charge on any atom is -0.493 e. The predicted octanol–water partition coefficient (Wildman–Crippen LogP) is 1.75. The molecule has 0 spiro atoms. The topological polar surface area (TPSA) is 53.1 Å². The summed E-state index contributed by atoms with van der Waals surface area (Å²) in [6.45, 7) is 6.24. The molecule has 86 valence electrons. The van der Waals surface area contributed by atoms with Crippen LogP contribution in [-0.4, -0.2) is 22.9 Å². The van der Waals surface area contributed by atoms with Crippen molar-refractivity contribution in [3.8, 4) is 5.75 Å². The molecule has 0 radical (unpaired) electrons. The van der Waals surface area contributed by atoms with Gasteiger partial charge in [0.25, 0.3) is 0 Å². The minimum absolute atomic E-state index is 0.213. The predicted molar refractivity (Wildman–Crippen MR) is 61.1 cm³/mol. The van der Waals surface area contributed by atoms with E-state index in [1.165, 1.54) is 0 Å². The van der Waals surface area contributed by atoms with E-state index in [1.807, 2.05) is 11.6 Å². The van der Waals surface area contributed by atoms with Gasteiger partial charge in [0, 0.05) is 12.1 Å². The zero-order valence-corrected chi connectivity index (χ0v) is 10.0. The molecule has 0 saturated heterocycles. The van der Waals surface area contributed by atoms with E-state index in [0.29, 0.717) is 6.04 Å². The van der Waals surface area contributed by atoms with Crippen LogP contribution in [0.15, 0.2) is 6.20 Å². The fourth-order valence-corrected chi connectivity index (χ4v) is 1.59.